The van der Waals surface area contributed by atoms with Crippen molar-refractivity contribution in [1.29, 1.82) is 0 Å². The number of methoxy groups -OCH3 is 2. The summed E-state index contributed by atoms with van der Waals surface area (Å²) in [6, 6.07) is 22.9. The summed E-state index contributed by atoms with van der Waals surface area (Å²) in [5.41, 5.74) is 7.43. The normalized spacial score (nSPS) is 18.9. The van der Waals surface area contributed by atoms with Gasteiger partial charge in [0.25, 0.3) is 0 Å². The van der Waals surface area contributed by atoms with Gasteiger partial charge in [-0.05, 0) is 67.9 Å². The predicted octanol–water partition coefficient (Wildman–Crippen LogP) is 8.12. The molecule has 3 aliphatic rings. The third-order valence-electron chi connectivity index (χ3n) is 13.0. The number of carbonyl (C=O) groups is 4. The number of aromatic amines is 2. The Hall–Kier alpha value is -7.10. The average molecular weight is 882 g/mol. The van der Waals surface area contributed by atoms with E-state index in [-0.39, 0.29) is 35.7 Å². The zero-order valence-electron chi connectivity index (χ0n) is 37.5. The minimum absolute atomic E-state index is 0.128. The third-order valence-corrected chi connectivity index (χ3v) is 13.0. The molecule has 3 aliphatic heterocycles. The first-order chi connectivity index (χ1) is 31.4. The van der Waals surface area contributed by atoms with Crippen molar-refractivity contribution in [3.8, 4) is 39.5 Å². The second-order valence-electron chi connectivity index (χ2n) is 17.7. The number of nitrogens with zero attached hydrogens (tertiary/aromatic N) is 5. The number of imidazole rings is 2. The van der Waals surface area contributed by atoms with Crippen LogP contribution >= 0.6 is 0 Å². The first-order valence-corrected chi connectivity index (χ1v) is 22.4. The fourth-order valence-electron chi connectivity index (χ4n) is 9.56. The van der Waals surface area contributed by atoms with E-state index in [2.05, 4.69) is 73.7 Å². The molecule has 0 bridgehead atoms. The van der Waals surface area contributed by atoms with Crippen LogP contribution in [0, 0.1) is 11.8 Å². The molecule has 2 fully saturated rings. The molecule has 3 aromatic heterocycles. The number of H-pyrrole nitrogens is 2. The van der Waals surface area contributed by atoms with Crippen molar-refractivity contribution < 1.29 is 33.4 Å². The lowest BCUT2D eigenvalue weighted by atomic mass is 10.0. The summed E-state index contributed by atoms with van der Waals surface area (Å²) in [5.74, 6) is 1.55. The number of benzene rings is 3. The second-order valence-corrected chi connectivity index (χ2v) is 17.7. The summed E-state index contributed by atoms with van der Waals surface area (Å²) >= 11 is 0. The first-order valence-electron chi connectivity index (χ1n) is 22.4. The van der Waals surface area contributed by atoms with E-state index in [1.807, 2.05) is 68.0 Å². The molecule has 0 aliphatic carbocycles. The van der Waals surface area contributed by atoms with E-state index in [9.17, 15) is 19.2 Å². The quantitative estimate of drug-likeness (QED) is 0.0997. The Morgan fingerprint density at radius 3 is 1.78 bits per heavy atom. The SMILES string of the molecule is COC(=O)NC(C(=O)N1CCC[C@H]1c1ncc(-c2ccc3c(c2)O[C@@H](c2ccccc2)n2c-3cc3cc(-c4cnc([C@@H]5CCCN5C(=O)C(NC(=O)OC)C(C)C)[nH]4)ccc32)[nH]1)C(C)C. The second kappa shape index (κ2) is 17.8. The molecule has 6 aromatic rings. The Bertz CT molecular complexity index is 2740. The summed E-state index contributed by atoms with van der Waals surface area (Å²) < 4.78 is 18.8. The number of aromatic nitrogens is 5. The van der Waals surface area contributed by atoms with Crippen LogP contribution in [0.5, 0.6) is 5.75 Å². The van der Waals surface area contributed by atoms with Gasteiger partial charge in [0.2, 0.25) is 18.0 Å². The zero-order chi connectivity index (χ0) is 45.5. The number of carbonyl (C=O) groups excluding carboxylic acids is 4. The van der Waals surface area contributed by atoms with Crippen LogP contribution in [-0.2, 0) is 19.1 Å². The number of ether oxygens (including phenoxy) is 3. The van der Waals surface area contributed by atoms with Crippen LogP contribution in [-0.4, -0.2) is 97.7 Å². The topological polar surface area (TPSA) is 189 Å². The van der Waals surface area contributed by atoms with Gasteiger partial charge in [-0.3, -0.25) is 9.59 Å². The predicted molar refractivity (Wildman–Crippen MR) is 243 cm³/mol. The molecule has 65 heavy (non-hydrogen) atoms. The van der Waals surface area contributed by atoms with Crippen molar-refractivity contribution in [2.45, 2.75) is 83.8 Å². The molecule has 4 N–H and O–H groups in total. The summed E-state index contributed by atoms with van der Waals surface area (Å²) in [4.78, 5) is 72.0. The number of amides is 4. The smallest absolute Gasteiger partial charge is 0.407 e. The highest BCUT2D eigenvalue weighted by atomic mass is 16.5. The molecule has 0 saturated carbocycles. The standard InChI is InChI=1S/C49H55N9O7/c1-27(2)41(54-48(61)63-5)45(59)56-20-10-14-37(56)43-50-25-34(52-43)30-17-19-36-32(22-30)23-39-33-18-16-31(24-40(33)65-47(58(36)39)29-12-8-7-9-13-29)35-26-51-44(53-35)38-15-11-21-57(38)46(60)42(28(3)4)55-49(62)64-6/h7-9,12-13,16-19,22-28,37-38,41-42,47H,10-11,14-15,20-21H2,1-6H3,(H,50,52)(H,51,53)(H,54,61)(H,55,62)/t37-,38-,41?,42?,47-/m0/s1. The summed E-state index contributed by atoms with van der Waals surface area (Å²) in [6.07, 6.45) is 5.05. The Balaban J connectivity index is 1.00. The van der Waals surface area contributed by atoms with Crippen molar-refractivity contribution in [2.24, 2.45) is 11.8 Å². The van der Waals surface area contributed by atoms with Crippen molar-refractivity contribution in [3.63, 3.8) is 0 Å². The van der Waals surface area contributed by atoms with Crippen LogP contribution in [0.15, 0.2) is 85.2 Å². The summed E-state index contributed by atoms with van der Waals surface area (Å²) in [7, 11) is 2.58. The lowest BCUT2D eigenvalue weighted by Gasteiger charge is -2.30. The van der Waals surface area contributed by atoms with Crippen LogP contribution in [0.4, 0.5) is 9.59 Å². The zero-order valence-corrected chi connectivity index (χ0v) is 37.5. The Labute approximate surface area is 377 Å². The fraction of sp³-hybridized carbons (Fsp3) is 0.388. The van der Waals surface area contributed by atoms with E-state index in [4.69, 9.17) is 24.2 Å². The first kappa shape index (κ1) is 43.2. The molecule has 0 spiro atoms. The van der Waals surface area contributed by atoms with Gasteiger partial charge in [0, 0.05) is 40.7 Å². The van der Waals surface area contributed by atoms with Crippen molar-refractivity contribution in [1.82, 2.24) is 44.9 Å². The van der Waals surface area contributed by atoms with Gasteiger partial charge in [-0.2, -0.15) is 0 Å². The fourth-order valence-corrected chi connectivity index (χ4v) is 9.56. The van der Waals surface area contributed by atoms with Gasteiger partial charge in [0.1, 0.15) is 29.5 Å². The van der Waals surface area contributed by atoms with Gasteiger partial charge >= 0.3 is 12.2 Å². The van der Waals surface area contributed by atoms with Crippen LogP contribution < -0.4 is 15.4 Å². The lowest BCUT2D eigenvalue weighted by molar-refractivity contribution is -0.136. The average Bonchev–Trinajstić information content (AvgIpc) is 4.18. The largest absolute Gasteiger partial charge is 0.465 e. The van der Waals surface area contributed by atoms with E-state index in [0.717, 1.165) is 81.7 Å². The van der Waals surface area contributed by atoms with Gasteiger partial charge in [0.05, 0.1) is 61.3 Å². The van der Waals surface area contributed by atoms with E-state index >= 15 is 0 Å². The maximum atomic E-state index is 13.8. The van der Waals surface area contributed by atoms with Crippen molar-refractivity contribution >= 4 is 34.9 Å². The van der Waals surface area contributed by atoms with Gasteiger partial charge in [0.15, 0.2) is 0 Å². The molecular weight excluding hydrogens is 827 g/mol. The van der Waals surface area contributed by atoms with Crippen LogP contribution in [0.2, 0.25) is 0 Å². The summed E-state index contributed by atoms with van der Waals surface area (Å²) in [5, 5.41) is 6.46. The number of fused-ring (bicyclic) bond motifs is 5. The molecular formula is C49H55N9O7. The number of hydrogen-bond donors (Lipinski definition) is 4. The minimum atomic E-state index is -0.720. The van der Waals surface area contributed by atoms with Crippen LogP contribution in [0.3, 0.4) is 0 Å². The highest BCUT2D eigenvalue weighted by Crippen LogP contribution is 2.46. The van der Waals surface area contributed by atoms with E-state index in [1.54, 1.807) is 6.20 Å². The monoisotopic (exact) mass is 881 g/mol. The molecule has 4 amide bonds. The lowest BCUT2D eigenvalue weighted by Crippen LogP contribution is -2.51. The maximum Gasteiger partial charge on any atom is 0.407 e. The van der Waals surface area contributed by atoms with Gasteiger partial charge in [-0.15, -0.1) is 0 Å². The van der Waals surface area contributed by atoms with Gasteiger partial charge in [-0.25, -0.2) is 19.6 Å². The van der Waals surface area contributed by atoms with E-state index in [1.165, 1.54) is 14.2 Å². The maximum absolute atomic E-state index is 13.8. The highest BCUT2D eigenvalue weighted by molar-refractivity contribution is 5.93. The third kappa shape index (κ3) is 8.17. The van der Waals surface area contributed by atoms with Gasteiger partial charge < -0.3 is 49.2 Å². The minimum Gasteiger partial charge on any atom is -0.465 e. The number of nitrogens with one attached hydrogen (secondary N) is 4. The van der Waals surface area contributed by atoms with Crippen molar-refractivity contribution in [3.05, 3.63) is 102 Å². The van der Waals surface area contributed by atoms with Gasteiger partial charge in [-0.1, -0.05) is 70.2 Å². The highest BCUT2D eigenvalue weighted by Gasteiger charge is 2.39. The molecule has 2 unspecified atom stereocenters. The molecule has 16 heteroatoms. The number of alkyl carbamates (subject to hydrolysis) is 2. The summed E-state index contributed by atoms with van der Waals surface area (Å²) in [6.45, 7) is 8.75. The number of hydrogen-bond acceptors (Lipinski definition) is 9. The van der Waals surface area contributed by atoms with E-state index < -0.39 is 30.5 Å². The Morgan fingerprint density at radius 2 is 1.25 bits per heavy atom. The molecule has 9 rings (SSSR count). The Morgan fingerprint density at radius 1 is 0.708 bits per heavy atom. The van der Waals surface area contributed by atoms with Crippen molar-refractivity contribution in [2.75, 3.05) is 27.3 Å². The molecule has 5 atom stereocenters. The Kier molecular flexibility index (Phi) is 11.8. The molecule has 16 nitrogen and oxygen atoms in total. The molecule has 338 valence electrons. The van der Waals surface area contributed by atoms with Crippen LogP contribution in [0.1, 0.15) is 88.9 Å². The number of likely N-dealkylation sites (tertiary alicyclic amines) is 2. The molecule has 3 aromatic carbocycles. The van der Waals surface area contributed by atoms with Crippen LogP contribution in [0.25, 0.3) is 44.7 Å². The van der Waals surface area contributed by atoms with E-state index in [0.29, 0.717) is 24.7 Å². The molecule has 2 saturated heterocycles. The number of rotatable bonds is 11. The molecule has 6 heterocycles. The molecule has 0 radical (unpaired) electrons.